The van der Waals surface area contributed by atoms with Crippen molar-refractivity contribution in [3.05, 3.63) is 84.4 Å². The summed E-state index contributed by atoms with van der Waals surface area (Å²) in [5, 5.41) is 3.92. The largest absolute Gasteiger partial charge is 0.457 e. The van der Waals surface area contributed by atoms with E-state index in [1.165, 1.54) is 24.8 Å². The molecule has 3 aromatic rings. The number of carbonyl (C=O) groups excluding carboxylic acids is 1. The van der Waals surface area contributed by atoms with Crippen LogP contribution in [0.2, 0.25) is 0 Å². The topological polar surface area (TPSA) is 76.5 Å². The lowest BCUT2D eigenvalue weighted by Crippen LogP contribution is -2.19. The number of carbonyl (C=O) groups is 1. The number of rotatable bonds is 5. The van der Waals surface area contributed by atoms with E-state index in [1.807, 2.05) is 54.6 Å². The Labute approximate surface area is 138 Å². The molecule has 1 aromatic heterocycles. The minimum Gasteiger partial charge on any atom is -0.457 e. The number of nitrogens with zero attached hydrogens (tertiary/aromatic N) is 3. The Kier molecular flexibility index (Phi) is 4.89. The van der Waals surface area contributed by atoms with Gasteiger partial charge in [0.15, 0.2) is 0 Å². The van der Waals surface area contributed by atoms with E-state index in [0.717, 1.165) is 11.3 Å². The molecule has 0 spiro atoms. The SMILES string of the molecule is O=C(N/N=C\c1cccc(Oc2ccccc2)c1)c1cnccn1. The Bertz CT molecular complexity index is 836. The number of nitrogens with one attached hydrogen (secondary N) is 1. The first-order chi connectivity index (χ1) is 11.8. The molecule has 6 nitrogen and oxygen atoms in total. The van der Waals surface area contributed by atoms with Crippen LogP contribution >= 0.6 is 0 Å². The Balaban J connectivity index is 1.63. The summed E-state index contributed by atoms with van der Waals surface area (Å²) in [6.45, 7) is 0. The molecule has 1 amide bonds. The molecule has 24 heavy (non-hydrogen) atoms. The summed E-state index contributed by atoms with van der Waals surface area (Å²) >= 11 is 0. The first kappa shape index (κ1) is 15.4. The molecule has 1 N–H and O–H groups in total. The van der Waals surface area contributed by atoms with Crippen molar-refractivity contribution in [2.45, 2.75) is 0 Å². The summed E-state index contributed by atoms with van der Waals surface area (Å²) in [7, 11) is 0. The van der Waals surface area contributed by atoms with Gasteiger partial charge in [-0.3, -0.25) is 9.78 Å². The van der Waals surface area contributed by atoms with Crippen LogP contribution in [0.1, 0.15) is 16.1 Å². The highest BCUT2D eigenvalue weighted by molar-refractivity contribution is 5.92. The van der Waals surface area contributed by atoms with Crippen molar-refractivity contribution in [2.75, 3.05) is 0 Å². The Hall–Kier alpha value is -3.54. The van der Waals surface area contributed by atoms with Gasteiger partial charge in [-0.2, -0.15) is 5.10 Å². The summed E-state index contributed by atoms with van der Waals surface area (Å²) in [6, 6.07) is 16.9. The number of hydrogen-bond donors (Lipinski definition) is 1. The van der Waals surface area contributed by atoms with E-state index >= 15 is 0 Å². The zero-order valence-corrected chi connectivity index (χ0v) is 12.7. The van der Waals surface area contributed by atoms with E-state index in [-0.39, 0.29) is 5.69 Å². The normalized spacial score (nSPS) is 10.5. The predicted octanol–water partition coefficient (Wildman–Crippen LogP) is 3.03. The fourth-order valence-electron chi connectivity index (χ4n) is 1.92. The fraction of sp³-hybridized carbons (Fsp3) is 0. The number of benzene rings is 2. The van der Waals surface area contributed by atoms with Crippen LogP contribution in [0.15, 0.2) is 78.3 Å². The van der Waals surface area contributed by atoms with Gasteiger partial charge < -0.3 is 4.74 Å². The first-order valence-corrected chi connectivity index (χ1v) is 7.24. The Morgan fingerprint density at radius 2 is 1.88 bits per heavy atom. The number of para-hydroxylation sites is 1. The summed E-state index contributed by atoms with van der Waals surface area (Å²) in [4.78, 5) is 19.5. The minimum atomic E-state index is -0.420. The van der Waals surface area contributed by atoms with E-state index in [2.05, 4.69) is 20.5 Å². The highest BCUT2D eigenvalue weighted by Gasteiger charge is 2.04. The Morgan fingerprint density at radius 3 is 2.67 bits per heavy atom. The maximum absolute atomic E-state index is 11.8. The zero-order chi connectivity index (χ0) is 16.6. The second-order valence-electron chi connectivity index (χ2n) is 4.78. The predicted molar refractivity (Wildman–Crippen MR) is 90.1 cm³/mol. The van der Waals surface area contributed by atoms with Crippen LogP contribution in [0, 0.1) is 0 Å². The van der Waals surface area contributed by atoms with E-state index in [4.69, 9.17) is 4.74 Å². The van der Waals surface area contributed by atoms with Gasteiger partial charge in [0.05, 0.1) is 12.4 Å². The Morgan fingerprint density at radius 1 is 1.04 bits per heavy atom. The molecule has 118 valence electrons. The van der Waals surface area contributed by atoms with Crippen molar-refractivity contribution in [1.29, 1.82) is 0 Å². The van der Waals surface area contributed by atoms with E-state index < -0.39 is 5.91 Å². The smallest absolute Gasteiger partial charge is 0.291 e. The molecule has 0 fully saturated rings. The molecule has 6 heteroatoms. The number of hydrazone groups is 1. The van der Waals surface area contributed by atoms with Crippen molar-refractivity contribution >= 4 is 12.1 Å². The molecule has 0 saturated heterocycles. The third kappa shape index (κ3) is 4.23. The first-order valence-electron chi connectivity index (χ1n) is 7.24. The maximum atomic E-state index is 11.8. The third-order valence-electron chi connectivity index (χ3n) is 3.01. The lowest BCUT2D eigenvalue weighted by atomic mass is 10.2. The molecule has 0 bridgehead atoms. The van der Waals surface area contributed by atoms with Gasteiger partial charge in [-0.25, -0.2) is 10.4 Å². The molecule has 2 aromatic carbocycles. The van der Waals surface area contributed by atoms with Gasteiger partial charge in [-0.05, 0) is 29.8 Å². The maximum Gasteiger partial charge on any atom is 0.291 e. The zero-order valence-electron chi connectivity index (χ0n) is 12.7. The molecular weight excluding hydrogens is 304 g/mol. The molecule has 3 rings (SSSR count). The van der Waals surface area contributed by atoms with Crippen LogP contribution in [0.5, 0.6) is 11.5 Å². The average Bonchev–Trinajstić information content (AvgIpc) is 2.63. The highest BCUT2D eigenvalue weighted by atomic mass is 16.5. The molecule has 0 aliphatic carbocycles. The van der Waals surface area contributed by atoms with Crippen LogP contribution in [0.3, 0.4) is 0 Å². The number of aromatic nitrogens is 2. The molecule has 0 atom stereocenters. The molecule has 0 unspecified atom stereocenters. The molecule has 0 saturated carbocycles. The quantitative estimate of drug-likeness (QED) is 0.579. The number of amides is 1. The summed E-state index contributed by atoms with van der Waals surface area (Å²) < 4.78 is 5.75. The standard InChI is InChI=1S/C18H14N4O2/c23-18(17-13-19-9-10-20-17)22-21-12-14-5-4-8-16(11-14)24-15-6-2-1-3-7-15/h1-13H,(H,22,23)/b21-12-. The van der Waals surface area contributed by atoms with Gasteiger partial charge in [0, 0.05) is 12.4 Å². The summed E-state index contributed by atoms with van der Waals surface area (Å²) in [5.74, 6) is 1.02. The molecule has 0 radical (unpaired) electrons. The van der Waals surface area contributed by atoms with Crippen molar-refractivity contribution < 1.29 is 9.53 Å². The van der Waals surface area contributed by atoms with Crippen LogP contribution in [-0.2, 0) is 0 Å². The van der Waals surface area contributed by atoms with E-state index in [0.29, 0.717) is 5.75 Å². The molecule has 0 aliphatic heterocycles. The van der Waals surface area contributed by atoms with E-state index in [1.54, 1.807) is 0 Å². The van der Waals surface area contributed by atoms with Crippen LogP contribution < -0.4 is 10.2 Å². The van der Waals surface area contributed by atoms with Crippen molar-refractivity contribution in [3.8, 4) is 11.5 Å². The monoisotopic (exact) mass is 318 g/mol. The van der Waals surface area contributed by atoms with Crippen LogP contribution in [0.25, 0.3) is 0 Å². The molecule has 1 heterocycles. The van der Waals surface area contributed by atoms with Gasteiger partial charge in [0.25, 0.3) is 5.91 Å². The molecular formula is C18H14N4O2. The van der Waals surface area contributed by atoms with Crippen molar-refractivity contribution in [2.24, 2.45) is 5.10 Å². The molecule has 0 aliphatic rings. The van der Waals surface area contributed by atoms with Crippen molar-refractivity contribution in [1.82, 2.24) is 15.4 Å². The van der Waals surface area contributed by atoms with Crippen molar-refractivity contribution in [3.63, 3.8) is 0 Å². The van der Waals surface area contributed by atoms with Gasteiger partial charge in [0.1, 0.15) is 17.2 Å². The highest BCUT2D eigenvalue weighted by Crippen LogP contribution is 2.21. The van der Waals surface area contributed by atoms with E-state index in [9.17, 15) is 4.79 Å². The van der Waals surface area contributed by atoms with Crippen LogP contribution in [-0.4, -0.2) is 22.1 Å². The lowest BCUT2D eigenvalue weighted by Gasteiger charge is -2.05. The third-order valence-corrected chi connectivity index (χ3v) is 3.01. The average molecular weight is 318 g/mol. The number of ether oxygens (including phenoxy) is 1. The number of hydrogen-bond acceptors (Lipinski definition) is 5. The second-order valence-corrected chi connectivity index (χ2v) is 4.78. The van der Waals surface area contributed by atoms with Gasteiger partial charge in [-0.15, -0.1) is 0 Å². The summed E-state index contributed by atoms with van der Waals surface area (Å²) in [5.41, 5.74) is 3.40. The lowest BCUT2D eigenvalue weighted by molar-refractivity contribution is 0.0949. The van der Waals surface area contributed by atoms with Gasteiger partial charge in [0.2, 0.25) is 0 Å². The second kappa shape index (κ2) is 7.64. The fourth-order valence-corrected chi connectivity index (χ4v) is 1.92. The van der Waals surface area contributed by atoms with Crippen LogP contribution in [0.4, 0.5) is 0 Å². The van der Waals surface area contributed by atoms with Gasteiger partial charge in [-0.1, -0.05) is 30.3 Å². The summed E-state index contributed by atoms with van der Waals surface area (Å²) in [6.07, 6.45) is 5.85. The van der Waals surface area contributed by atoms with Gasteiger partial charge >= 0.3 is 0 Å². The minimum absolute atomic E-state index is 0.204.